The van der Waals surface area contributed by atoms with Crippen LogP contribution in [0.25, 0.3) is 0 Å². The summed E-state index contributed by atoms with van der Waals surface area (Å²) in [5, 5.41) is 6.37. The standard InChI is InChI=1S/C17H27N3O/c1-3-19-17(21)15-10-9-14(18)11-16(15)20-12(2)13-7-5-4-6-8-13/h9-13,20H,3-8,18H2,1-2H3,(H,19,21). The van der Waals surface area contributed by atoms with E-state index in [1.54, 1.807) is 12.1 Å². The van der Waals surface area contributed by atoms with E-state index in [0.717, 1.165) is 5.69 Å². The lowest BCUT2D eigenvalue weighted by Crippen LogP contribution is -2.30. The van der Waals surface area contributed by atoms with Gasteiger partial charge in [0, 0.05) is 24.0 Å². The second-order valence-corrected chi connectivity index (χ2v) is 6.00. The van der Waals surface area contributed by atoms with Crippen molar-refractivity contribution in [3.05, 3.63) is 23.8 Å². The highest BCUT2D eigenvalue weighted by molar-refractivity contribution is 6.00. The fraction of sp³-hybridized carbons (Fsp3) is 0.588. The van der Waals surface area contributed by atoms with Crippen LogP contribution in [0.5, 0.6) is 0 Å². The minimum atomic E-state index is -0.0455. The quantitative estimate of drug-likeness (QED) is 0.728. The molecular weight excluding hydrogens is 262 g/mol. The van der Waals surface area contributed by atoms with Gasteiger partial charge in [-0.1, -0.05) is 19.3 Å². The highest BCUT2D eigenvalue weighted by Gasteiger charge is 2.21. The van der Waals surface area contributed by atoms with Crippen LogP contribution in [-0.4, -0.2) is 18.5 Å². The van der Waals surface area contributed by atoms with Crippen LogP contribution >= 0.6 is 0 Å². The molecule has 4 N–H and O–H groups in total. The second kappa shape index (κ2) is 7.34. The minimum Gasteiger partial charge on any atom is -0.399 e. The fourth-order valence-corrected chi connectivity index (χ4v) is 3.13. The van der Waals surface area contributed by atoms with Crippen molar-refractivity contribution >= 4 is 17.3 Å². The molecule has 2 rings (SSSR count). The lowest BCUT2D eigenvalue weighted by atomic mass is 9.84. The van der Waals surface area contributed by atoms with Gasteiger partial charge < -0.3 is 16.4 Å². The molecule has 1 saturated carbocycles. The van der Waals surface area contributed by atoms with Crippen molar-refractivity contribution in [3.8, 4) is 0 Å². The molecule has 21 heavy (non-hydrogen) atoms. The van der Waals surface area contributed by atoms with Crippen molar-refractivity contribution in [2.75, 3.05) is 17.6 Å². The van der Waals surface area contributed by atoms with Gasteiger partial charge in [-0.25, -0.2) is 0 Å². The number of nitrogens with one attached hydrogen (secondary N) is 2. The van der Waals surface area contributed by atoms with Crippen molar-refractivity contribution < 1.29 is 4.79 Å². The van der Waals surface area contributed by atoms with E-state index < -0.39 is 0 Å². The molecule has 0 aliphatic heterocycles. The summed E-state index contributed by atoms with van der Waals surface area (Å²) in [6.07, 6.45) is 6.53. The summed E-state index contributed by atoms with van der Waals surface area (Å²) in [5.41, 5.74) is 8.09. The Kier molecular flexibility index (Phi) is 5.48. The Morgan fingerprint density at radius 1 is 1.33 bits per heavy atom. The lowest BCUT2D eigenvalue weighted by molar-refractivity contribution is 0.0956. The van der Waals surface area contributed by atoms with Crippen molar-refractivity contribution in [2.24, 2.45) is 5.92 Å². The number of nitrogens with two attached hydrogens (primary N) is 1. The van der Waals surface area contributed by atoms with E-state index in [9.17, 15) is 4.79 Å². The predicted molar refractivity (Wildman–Crippen MR) is 88.5 cm³/mol. The molecule has 1 aliphatic rings. The third-order valence-electron chi connectivity index (χ3n) is 4.37. The van der Waals surface area contributed by atoms with Crippen molar-refractivity contribution in [2.45, 2.75) is 52.0 Å². The maximum Gasteiger partial charge on any atom is 0.253 e. The second-order valence-electron chi connectivity index (χ2n) is 6.00. The number of rotatable bonds is 5. The summed E-state index contributed by atoms with van der Waals surface area (Å²) in [4.78, 5) is 12.1. The summed E-state index contributed by atoms with van der Waals surface area (Å²) in [5.74, 6) is 0.637. The van der Waals surface area contributed by atoms with Crippen LogP contribution in [-0.2, 0) is 0 Å². The molecule has 116 valence electrons. The number of carbonyl (C=O) groups excluding carboxylic acids is 1. The first kappa shape index (κ1) is 15.7. The van der Waals surface area contributed by atoms with Crippen molar-refractivity contribution in [3.63, 3.8) is 0 Å². The minimum absolute atomic E-state index is 0.0455. The molecule has 1 aromatic rings. The van der Waals surface area contributed by atoms with Gasteiger partial charge in [-0.15, -0.1) is 0 Å². The van der Waals surface area contributed by atoms with E-state index in [1.807, 2.05) is 13.0 Å². The average molecular weight is 289 g/mol. The van der Waals surface area contributed by atoms with Crippen LogP contribution < -0.4 is 16.4 Å². The van der Waals surface area contributed by atoms with Gasteiger partial charge in [-0.3, -0.25) is 4.79 Å². The Morgan fingerprint density at radius 2 is 2.05 bits per heavy atom. The van der Waals surface area contributed by atoms with Crippen LogP contribution in [0.1, 0.15) is 56.3 Å². The molecule has 0 radical (unpaired) electrons. The van der Waals surface area contributed by atoms with Crippen LogP contribution in [0, 0.1) is 5.92 Å². The highest BCUT2D eigenvalue weighted by atomic mass is 16.1. The summed E-state index contributed by atoms with van der Waals surface area (Å²) < 4.78 is 0. The van der Waals surface area contributed by atoms with E-state index in [-0.39, 0.29) is 5.91 Å². The monoisotopic (exact) mass is 289 g/mol. The van der Waals surface area contributed by atoms with Crippen molar-refractivity contribution in [1.29, 1.82) is 0 Å². The Labute approximate surface area is 127 Å². The van der Waals surface area contributed by atoms with Gasteiger partial charge in [0.25, 0.3) is 5.91 Å². The number of benzene rings is 1. The summed E-state index contributed by atoms with van der Waals surface area (Å²) in [6.45, 7) is 4.76. The Balaban J connectivity index is 2.13. The summed E-state index contributed by atoms with van der Waals surface area (Å²) in [6, 6.07) is 5.81. The number of nitrogen functional groups attached to an aromatic ring is 1. The van der Waals surface area contributed by atoms with Gasteiger partial charge in [-0.05, 0) is 50.8 Å². The molecule has 4 nitrogen and oxygen atoms in total. The van der Waals surface area contributed by atoms with Crippen LogP contribution in [0.4, 0.5) is 11.4 Å². The number of amides is 1. The zero-order valence-corrected chi connectivity index (χ0v) is 13.1. The first-order chi connectivity index (χ1) is 10.1. The molecule has 0 heterocycles. The van der Waals surface area contributed by atoms with Crippen molar-refractivity contribution in [1.82, 2.24) is 5.32 Å². The topological polar surface area (TPSA) is 67.2 Å². The van der Waals surface area contributed by atoms with Crippen LogP contribution in [0.15, 0.2) is 18.2 Å². The summed E-state index contributed by atoms with van der Waals surface area (Å²) >= 11 is 0. The maximum atomic E-state index is 12.1. The lowest BCUT2D eigenvalue weighted by Gasteiger charge is -2.29. The third-order valence-corrected chi connectivity index (χ3v) is 4.37. The first-order valence-corrected chi connectivity index (χ1v) is 8.06. The molecule has 0 saturated heterocycles. The largest absolute Gasteiger partial charge is 0.399 e. The number of carbonyl (C=O) groups is 1. The van der Waals surface area contributed by atoms with E-state index in [1.165, 1.54) is 32.1 Å². The average Bonchev–Trinajstić information content (AvgIpc) is 2.48. The van der Waals surface area contributed by atoms with E-state index in [4.69, 9.17) is 5.73 Å². The third kappa shape index (κ3) is 4.13. The van der Waals surface area contributed by atoms with E-state index in [0.29, 0.717) is 29.8 Å². The van der Waals surface area contributed by atoms with Crippen LogP contribution in [0.2, 0.25) is 0 Å². The molecule has 1 atom stereocenters. The number of hydrogen-bond donors (Lipinski definition) is 3. The Hall–Kier alpha value is -1.71. The molecule has 1 unspecified atom stereocenters. The molecule has 4 heteroatoms. The predicted octanol–water partition coefficient (Wildman–Crippen LogP) is 3.40. The van der Waals surface area contributed by atoms with E-state index >= 15 is 0 Å². The first-order valence-electron chi connectivity index (χ1n) is 8.06. The Bertz CT molecular complexity index is 481. The van der Waals surface area contributed by atoms with Gasteiger partial charge in [0.1, 0.15) is 0 Å². The highest BCUT2D eigenvalue weighted by Crippen LogP contribution is 2.29. The smallest absolute Gasteiger partial charge is 0.253 e. The van der Waals surface area contributed by atoms with Gasteiger partial charge in [0.2, 0.25) is 0 Å². The summed E-state index contributed by atoms with van der Waals surface area (Å²) in [7, 11) is 0. The van der Waals surface area contributed by atoms with Gasteiger partial charge in [0.05, 0.1) is 5.56 Å². The normalized spacial score (nSPS) is 17.2. The number of hydrogen-bond acceptors (Lipinski definition) is 3. The molecule has 1 aliphatic carbocycles. The molecule has 1 amide bonds. The maximum absolute atomic E-state index is 12.1. The molecule has 1 aromatic carbocycles. The van der Waals surface area contributed by atoms with Gasteiger partial charge in [0.15, 0.2) is 0 Å². The van der Waals surface area contributed by atoms with Crippen LogP contribution in [0.3, 0.4) is 0 Å². The molecular formula is C17H27N3O. The fourth-order valence-electron chi connectivity index (χ4n) is 3.13. The molecule has 0 aromatic heterocycles. The molecule has 0 spiro atoms. The van der Waals surface area contributed by atoms with E-state index in [2.05, 4.69) is 17.6 Å². The van der Waals surface area contributed by atoms with Gasteiger partial charge in [-0.2, -0.15) is 0 Å². The molecule has 1 fully saturated rings. The molecule has 0 bridgehead atoms. The number of anilines is 2. The Morgan fingerprint density at radius 3 is 2.71 bits per heavy atom. The zero-order valence-electron chi connectivity index (χ0n) is 13.1. The SMILES string of the molecule is CCNC(=O)c1ccc(N)cc1NC(C)C1CCCCC1. The van der Waals surface area contributed by atoms with Gasteiger partial charge >= 0.3 is 0 Å². The zero-order chi connectivity index (χ0) is 15.2.